The highest BCUT2D eigenvalue weighted by atomic mass is 35.5. The molecule has 4 nitrogen and oxygen atoms in total. The Morgan fingerprint density at radius 2 is 2.17 bits per heavy atom. The molecule has 6 heteroatoms. The Hall–Kier alpha value is -2.37. The summed E-state index contributed by atoms with van der Waals surface area (Å²) >= 11 is 7.87. The van der Waals surface area contributed by atoms with Crippen LogP contribution in [0.5, 0.6) is 5.75 Å². The first-order valence-electron chi connectivity index (χ1n) is 7.31. The van der Waals surface area contributed by atoms with E-state index in [9.17, 15) is 0 Å². The number of nitrogens with one attached hydrogen (secondary N) is 1. The molecule has 0 bridgehead atoms. The highest BCUT2D eigenvalue weighted by molar-refractivity contribution is 7.19. The normalized spacial score (nSPS) is 12.0. The van der Waals surface area contributed by atoms with E-state index in [1.165, 1.54) is 0 Å². The minimum atomic E-state index is 0.617. The number of methoxy groups -OCH3 is 1. The van der Waals surface area contributed by atoms with Gasteiger partial charge in [-0.05, 0) is 54.1 Å². The van der Waals surface area contributed by atoms with Crippen LogP contribution < -0.4 is 10.1 Å². The molecule has 0 amide bonds. The quantitative estimate of drug-likeness (QED) is 0.650. The largest absolute Gasteiger partial charge is 0.497 e. The number of aromatic nitrogens is 2. The Morgan fingerprint density at radius 3 is 2.88 bits per heavy atom. The van der Waals surface area contributed by atoms with E-state index in [4.69, 9.17) is 16.3 Å². The average molecular weight is 358 g/mol. The van der Waals surface area contributed by atoms with Crippen molar-refractivity contribution in [3.05, 3.63) is 58.2 Å². The van der Waals surface area contributed by atoms with Gasteiger partial charge in [-0.25, -0.2) is 9.97 Å². The maximum absolute atomic E-state index is 6.27. The van der Waals surface area contributed by atoms with Gasteiger partial charge >= 0.3 is 0 Å². The van der Waals surface area contributed by atoms with Gasteiger partial charge in [0.2, 0.25) is 0 Å². The number of hydrogen-bond acceptors (Lipinski definition) is 5. The Balaban J connectivity index is 1.77. The van der Waals surface area contributed by atoms with Gasteiger partial charge in [-0.15, -0.1) is 11.3 Å². The van der Waals surface area contributed by atoms with E-state index >= 15 is 0 Å². The van der Waals surface area contributed by atoms with E-state index in [1.807, 2.05) is 55.6 Å². The zero-order valence-electron chi connectivity index (χ0n) is 13.3. The molecule has 3 aromatic rings. The third kappa shape index (κ3) is 3.93. The molecule has 0 aliphatic heterocycles. The standard InChI is InChI=1S/C18H16ClN3OS/c1-20-17-7-3-12(11-21-17)9-13(19)4-8-18-22-15-6-5-14(23-2)10-16(15)24-18/h3-11H,1-2H3,(H,20,21)/b8-4+,13-9-. The number of thiazole rings is 1. The van der Waals surface area contributed by atoms with Crippen molar-refractivity contribution in [3.63, 3.8) is 0 Å². The fourth-order valence-electron chi connectivity index (χ4n) is 2.12. The fraction of sp³-hybridized carbons (Fsp3) is 0.111. The highest BCUT2D eigenvalue weighted by Crippen LogP contribution is 2.27. The number of nitrogens with zero attached hydrogens (tertiary/aromatic N) is 2. The summed E-state index contributed by atoms with van der Waals surface area (Å²) in [6, 6.07) is 9.70. The van der Waals surface area contributed by atoms with Gasteiger partial charge in [0.1, 0.15) is 16.6 Å². The molecule has 1 aromatic carbocycles. The van der Waals surface area contributed by atoms with Crippen LogP contribution in [0.1, 0.15) is 10.6 Å². The first-order chi connectivity index (χ1) is 11.7. The summed E-state index contributed by atoms with van der Waals surface area (Å²) in [7, 11) is 3.49. The molecule has 2 heterocycles. The maximum Gasteiger partial charge on any atom is 0.125 e. The molecule has 24 heavy (non-hydrogen) atoms. The number of ether oxygens (including phenoxy) is 1. The molecule has 3 rings (SSSR count). The van der Waals surface area contributed by atoms with E-state index in [-0.39, 0.29) is 0 Å². The van der Waals surface area contributed by atoms with E-state index in [1.54, 1.807) is 24.6 Å². The van der Waals surface area contributed by atoms with Crippen molar-refractivity contribution in [1.29, 1.82) is 0 Å². The van der Waals surface area contributed by atoms with Crippen molar-refractivity contribution < 1.29 is 4.74 Å². The summed E-state index contributed by atoms with van der Waals surface area (Å²) in [5.41, 5.74) is 1.89. The zero-order chi connectivity index (χ0) is 16.9. The molecule has 122 valence electrons. The summed E-state index contributed by atoms with van der Waals surface area (Å²) in [5, 5.41) is 4.49. The third-order valence-corrected chi connectivity index (χ3v) is 4.56. The SMILES string of the molecule is CNc1ccc(/C=C(Cl)/C=C/c2nc3ccc(OC)cc3s2)cn1. The maximum atomic E-state index is 6.27. The lowest BCUT2D eigenvalue weighted by Gasteiger charge is -1.98. The van der Waals surface area contributed by atoms with Crippen LogP contribution in [0, 0.1) is 0 Å². The Labute approximate surface area is 149 Å². The number of pyridine rings is 1. The summed E-state index contributed by atoms with van der Waals surface area (Å²) in [4.78, 5) is 8.81. The van der Waals surface area contributed by atoms with Gasteiger partial charge in [-0.1, -0.05) is 11.6 Å². The molecule has 0 aliphatic carbocycles. The summed E-state index contributed by atoms with van der Waals surface area (Å²) in [6.45, 7) is 0. The van der Waals surface area contributed by atoms with E-state index in [0.29, 0.717) is 5.03 Å². The summed E-state index contributed by atoms with van der Waals surface area (Å²) in [5.74, 6) is 1.65. The van der Waals surface area contributed by atoms with Crippen molar-refractivity contribution in [1.82, 2.24) is 9.97 Å². The van der Waals surface area contributed by atoms with Crippen molar-refractivity contribution in [2.75, 3.05) is 19.5 Å². The second kappa shape index (κ2) is 7.47. The van der Waals surface area contributed by atoms with Crippen LogP contribution in [0.4, 0.5) is 5.82 Å². The minimum absolute atomic E-state index is 0.617. The lowest BCUT2D eigenvalue weighted by molar-refractivity contribution is 0.415. The molecule has 0 saturated heterocycles. The van der Waals surface area contributed by atoms with Gasteiger partial charge in [0.05, 0.1) is 17.3 Å². The first kappa shape index (κ1) is 16.5. The molecule has 0 unspecified atom stereocenters. The molecular formula is C18H16ClN3OS. The van der Waals surface area contributed by atoms with Crippen LogP contribution in [-0.2, 0) is 0 Å². The Bertz CT molecular complexity index is 900. The van der Waals surface area contributed by atoms with Gasteiger partial charge in [-0.3, -0.25) is 0 Å². The first-order valence-corrected chi connectivity index (χ1v) is 8.51. The van der Waals surface area contributed by atoms with E-state index in [2.05, 4.69) is 15.3 Å². The molecule has 0 aliphatic rings. The molecule has 0 fully saturated rings. The number of anilines is 1. The molecule has 2 aromatic heterocycles. The van der Waals surface area contributed by atoms with Crippen molar-refractivity contribution in [2.45, 2.75) is 0 Å². The highest BCUT2D eigenvalue weighted by Gasteiger charge is 2.03. The summed E-state index contributed by atoms with van der Waals surface area (Å²) < 4.78 is 6.32. The lowest BCUT2D eigenvalue weighted by Crippen LogP contribution is -1.90. The molecule has 0 atom stereocenters. The van der Waals surface area contributed by atoms with Crippen molar-refractivity contribution in [2.24, 2.45) is 0 Å². The van der Waals surface area contributed by atoms with Gasteiger partial charge in [0.25, 0.3) is 0 Å². The second-order valence-electron chi connectivity index (χ2n) is 4.98. The Kier molecular flexibility index (Phi) is 5.13. The van der Waals surface area contributed by atoms with Crippen LogP contribution in [0.2, 0.25) is 0 Å². The Morgan fingerprint density at radius 1 is 1.29 bits per heavy atom. The van der Waals surface area contributed by atoms with Gasteiger partial charge in [0.15, 0.2) is 0 Å². The zero-order valence-corrected chi connectivity index (χ0v) is 14.9. The molecule has 0 spiro atoms. The predicted octanol–water partition coefficient (Wildman–Crippen LogP) is 5.03. The van der Waals surface area contributed by atoms with Crippen molar-refractivity contribution in [3.8, 4) is 5.75 Å². The number of halogens is 1. The fourth-order valence-corrected chi connectivity index (χ4v) is 3.21. The van der Waals surface area contributed by atoms with Crippen LogP contribution in [-0.4, -0.2) is 24.1 Å². The van der Waals surface area contributed by atoms with E-state index in [0.717, 1.165) is 32.4 Å². The minimum Gasteiger partial charge on any atom is -0.497 e. The van der Waals surface area contributed by atoms with Crippen LogP contribution in [0.25, 0.3) is 22.4 Å². The molecule has 0 saturated carbocycles. The number of rotatable bonds is 5. The van der Waals surface area contributed by atoms with Crippen LogP contribution in [0.15, 0.2) is 47.6 Å². The number of fused-ring (bicyclic) bond motifs is 1. The number of hydrogen-bond donors (Lipinski definition) is 1. The smallest absolute Gasteiger partial charge is 0.125 e. The monoisotopic (exact) mass is 357 g/mol. The molecule has 1 N–H and O–H groups in total. The van der Waals surface area contributed by atoms with Gasteiger partial charge < -0.3 is 10.1 Å². The van der Waals surface area contributed by atoms with Gasteiger partial charge in [-0.2, -0.15) is 0 Å². The van der Waals surface area contributed by atoms with Crippen LogP contribution in [0.3, 0.4) is 0 Å². The average Bonchev–Trinajstić information content (AvgIpc) is 3.02. The molecule has 0 radical (unpaired) electrons. The second-order valence-corrected chi connectivity index (χ2v) is 6.47. The van der Waals surface area contributed by atoms with E-state index < -0.39 is 0 Å². The van der Waals surface area contributed by atoms with Crippen molar-refractivity contribution >= 4 is 51.1 Å². The lowest BCUT2D eigenvalue weighted by atomic mass is 10.2. The number of allylic oxidation sites excluding steroid dienone is 2. The topological polar surface area (TPSA) is 47.0 Å². The third-order valence-electron chi connectivity index (χ3n) is 3.34. The summed E-state index contributed by atoms with van der Waals surface area (Å²) in [6.07, 6.45) is 7.38. The van der Waals surface area contributed by atoms with Crippen LogP contribution >= 0.6 is 22.9 Å². The number of benzene rings is 1. The predicted molar refractivity (Wildman–Crippen MR) is 103 cm³/mol. The van der Waals surface area contributed by atoms with Gasteiger partial charge in [0, 0.05) is 18.3 Å². The molecular weight excluding hydrogens is 342 g/mol.